The zero-order valence-electron chi connectivity index (χ0n) is 10.5. The van der Waals surface area contributed by atoms with Gasteiger partial charge in [-0.15, -0.1) is 0 Å². The minimum atomic E-state index is -0.435. The van der Waals surface area contributed by atoms with Crippen molar-refractivity contribution in [1.29, 1.82) is 0 Å². The van der Waals surface area contributed by atoms with Crippen LogP contribution in [-0.2, 0) is 11.2 Å². The fourth-order valence-electron chi connectivity index (χ4n) is 2.47. The van der Waals surface area contributed by atoms with Gasteiger partial charge in [-0.2, -0.15) is 0 Å². The van der Waals surface area contributed by atoms with Crippen LogP contribution in [0.3, 0.4) is 0 Å². The standard InChI is InChI=1S/C15H17BrO2/c1-2-3-4-8-14(17)12-9-11-10(15(12)18)6-5-7-13(11)16/h5-7,12H,2-4,8-9H2,1H3. The molecule has 1 aromatic rings. The van der Waals surface area contributed by atoms with Crippen LogP contribution in [0.15, 0.2) is 22.7 Å². The average molecular weight is 309 g/mol. The summed E-state index contributed by atoms with van der Waals surface area (Å²) in [6, 6.07) is 5.60. The molecule has 18 heavy (non-hydrogen) atoms. The summed E-state index contributed by atoms with van der Waals surface area (Å²) < 4.78 is 0.942. The first kappa shape index (κ1) is 13.5. The Kier molecular flexibility index (Phi) is 4.33. The first-order chi connectivity index (χ1) is 8.65. The van der Waals surface area contributed by atoms with Gasteiger partial charge in [0.05, 0.1) is 5.92 Å². The van der Waals surface area contributed by atoms with Gasteiger partial charge in [-0.25, -0.2) is 0 Å². The molecule has 0 saturated carbocycles. The summed E-state index contributed by atoms with van der Waals surface area (Å²) >= 11 is 3.45. The van der Waals surface area contributed by atoms with Crippen LogP contribution in [0.5, 0.6) is 0 Å². The van der Waals surface area contributed by atoms with E-state index in [1.54, 1.807) is 0 Å². The monoisotopic (exact) mass is 308 g/mol. The first-order valence-electron chi connectivity index (χ1n) is 6.49. The molecule has 1 atom stereocenters. The van der Waals surface area contributed by atoms with Crippen molar-refractivity contribution in [3.05, 3.63) is 33.8 Å². The quantitative estimate of drug-likeness (QED) is 0.609. The van der Waals surface area contributed by atoms with Crippen molar-refractivity contribution in [2.24, 2.45) is 5.92 Å². The molecule has 0 amide bonds. The maximum absolute atomic E-state index is 12.2. The van der Waals surface area contributed by atoms with Crippen LogP contribution in [0.2, 0.25) is 0 Å². The summed E-state index contributed by atoms with van der Waals surface area (Å²) in [5.41, 5.74) is 1.72. The fourth-order valence-corrected chi connectivity index (χ4v) is 2.99. The molecule has 1 aliphatic carbocycles. The van der Waals surface area contributed by atoms with E-state index in [0.717, 1.165) is 34.9 Å². The molecule has 0 fully saturated rings. The van der Waals surface area contributed by atoms with Gasteiger partial charge >= 0.3 is 0 Å². The van der Waals surface area contributed by atoms with Gasteiger partial charge in [-0.05, 0) is 24.5 Å². The lowest BCUT2D eigenvalue weighted by Gasteiger charge is -2.06. The van der Waals surface area contributed by atoms with Crippen LogP contribution >= 0.6 is 15.9 Å². The van der Waals surface area contributed by atoms with Gasteiger partial charge in [0.2, 0.25) is 0 Å². The van der Waals surface area contributed by atoms with Crippen molar-refractivity contribution in [1.82, 2.24) is 0 Å². The topological polar surface area (TPSA) is 34.1 Å². The van der Waals surface area contributed by atoms with E-state index in [0.29, 0.717) is 12.8 Å². The normalized spacial score (nSPS) is 17.9. The molecule has 0 saturated heterocycles. The highest BCUT2D eigenvalue weighted by Crippen LogP contribution is 2.33. The second-order valence-electron chi connectivity index (χ2n) is 4.81. The molecule has 1 unspecified atom stereocenters. The van der Waals surface area contributed by atoms with Gasteiger partial charge in [0.1, 0.15) is 5.78 Å². The largest absolute Gasteiger partial charge is 0.299 e. The van der Waals surface area contributed by atoms with Crippen LogP contribution in [0.1, 0.15) is 48.5 Å². The molecule has 0 radical (unpaired) electrons. The molecule has 0 N–H and O–H groups in total. The maximum Gasteiger partial charge on any atom is 0.173 e. The molecule has 0 aliphatic heterocycles. The maximum atomic E-state index is 12.2. The number of Topliss-reactive ketones (excluding diaryl/α,β-unsaturated/α-hetero) is 2. The van der Waals surface area contributed by atoms with Crippen LogP contribution < -0.4 is 0 Å². The van der Waals surface area contributed by atoms with Crippen LogP contribution in [-0.4, -0.2) is 11.6 Å². The third-order valence-electron chi connectivity index (χ3n) is 3.52. The molecule has 0 spiro atoms. The smallest absolute Gasteiger partial charge is 0.173 e. The molecule has 1 aromatic carbocycles. The van der Waals surface area contributed by atoms with Gasteiger partial charge in [-0.1, -0.05) is 47.8 Å². The zero-order chi connectivity index (χ0) is 13.1. The summed E-state index contributed by atoms with van der Waals surface area (Å²) in [4.78, 5) is 24.3. The Balaban J connectivity index is 2.09. The molecule has 2 rings (SSSR count). The Morgan fingerprint density at radius 3 is 2.83 bits per heavy atom. The zero-order valence-corrected chi connectivity index (χ0v) is 12.1. The van der Waals surface area contributed by atoms with Crippen LogP contribution in [0.4, 0.5) is 0 Å². The molecule has 3 heteroatoms. The Hall–Kier alpha value is -0.960. The molecular formula is C15H17BrO2. The second-order valence-corrected chi connectivity index (χ2v) is 5.66. The number of hydrogen-bond acceptors (Lipinski definition) is 2. The number of hydrogen-bond donors (Lipinski definition) is 0. The summed E-state index contributed by atoms with van der Waals surface area (Å²) in [5.74, 6) is -0.320. The van der Waals surface area contributed by atoms with Crippen molar-refractivity contribution in [2.45, 2.75) is 39.0 Å². The van der Waals surface area contributed by atoms with Crippen molar-refractivity contribution in [3.8, 4) is 0 Å². The summed E-state index contributed by atoms with van der Waals surface area (Å²) in [7, 11) is 0. The minimum Gasteiger partial charge on any atom is -0.299 e. The van der Waals surface area contributed by atoms with Gasteiger partial charge < -0.3 is 0 Å². The molecule has 2 nitrogen and oxygen atoms in total. The summed E-state index contributed by atoms with van der Waals surface area (Å²) in [6.07, 6.45) is 4.16. The number of benzene rings is 1. The highest BCUT2D eigenvalue weighted by atomic mass is 79.9. The van der Waals surface area contributed by atoms with E-state index in [2.05, 4.69) is 22.9 Å². The molecule has 0 heterocycles. The van der Waals surface area contributed by atoms with Gasteiger partial charge in [-0.3, -0.25) is 9.59 Å². The van der Waals surface area contributed by atoms with E-state index in [4.69, 9.17) is 0 Å². The van der Waals surface area contributed by atoms with Crippen molar-refractivity contribution >= 4 is 27.5 Å². The number of carbonyl (C=O) groups excluding carboxylic acids is 2. The molecule has 96 valence electrons. The first-order valence-corrected chi connectivity index (χ1v) is 7.28. The van der Waals surface area contributed by atoms with E-state index in [1.165, 1.54) is 0 Å². The number of ketones is 2. The Morgan fingerprint density at radius 1 is 1.39 bits per heavy atom. The average Bonchev–Trinajstić information content (AvgIpc) is 2.69. The predicted octanol–water partition coefficient (Wildman–Crippen LogP) is 3.95. The Morgan fingerprint density at radius 2 is 2.17 bits per heavy atom. The third kappa shape index (κ3) is 2.56. The second kappa shape index (κ2) is 5.79. The lowest BCUT2D eigenvalue weighted by Crippen LogP contribution is -2.20. The van der Waals surface area contributed by atoms with E-state index < -0.39 is 5.92 Å². The lowest BCUT2D eigenvalue weighted by molar-refractivity contribution is -0.121. The summed E-state index contributed by atoms with van der Waals surface area (Å²) in [5, 5.41) is 0. The number of fused-ring (bicyclic) bond motifs is 1. The molecule has 0 aromatic heterocycles. The van der Waals surface area contributed by atoms with Crippen molar-refractivity contribution in [2.75, 3.05) is 0 Å². The summed E-state index contributed by atoms with van der Waals surface area (Å²) in [6.45, 7) is 2.11. The van der Waals surface area contributed by atoms with Crippen LogP contribution in [0, 0.1) is 5.92 Å². The van der Waals surface area contributed by atoms with Crippen molar-refractivity contribution in [3.63, 3.8) is 0 Å². The molecule has 1 aliphatic rings. The molecular weight excluding hydrogens is 292 g/mol. The minimum absolute atomic E-state index is 0.00722. The van der Waals surface area contributed by atoms with E-state index >= 15 is 0 Å². The SMILES string of the molecule is CCCCCC(=O)C1Cc2c(Br)cccc2C1=O. The fraction of sp³-hybridized carbons (Fsp3) is 0.467. The van der Waals surface area contributed by atoms with Gasteiger partial charge in [0.25, 0.3) is 0 Å². The number of halogens is 1. The van der Waals surface area contributed by atoms with E-state index in [-0.39, 0.29) is 11.6 Å². The lowest BCUT2D eigenvalue weighted by atomic mass is 9.95. The van der Waals surface area contributed by atoms with Crippen molar-refractivity contribution < 1.29 is 9.59 Å². The number of unbranched alkanes of at least 4 members (excludes halogenated alkanes) is 2. The molecule has 0 bridgehead atoms. The van der Waals surface area contributed by atoms with E-state index in [1.807, 2.05) is 18.2 Å². The Labute approximate surface area is 116 Å². The highest BCUT2D eigenvalue weighted by molar-refractivity contribution is 9.10. The highest BCUT2D eigenvalue weighted by Gasteiger charge is 2.35. The third-order valence-corrected chi connectivity index (χ3v) is 4.27. The van der Waals surface area contributed by atoms with Gasteiger partial charge in [0.15, 0.2) is 5.78 Å². The predicted molar refractivity (Wildman–Crippen MR) is 74.8 cm³/mol. The number of rotatable bonds is 5. The van der Waals surface area contributed by atoms with Crippen LogP contribution in [0.25, 0.3) is 0 Å². The van der Waals surface area contributed by atoms with E-state index in [9.17, 15) is 9.59 Å². The number of carbonyl (C=O) groups is 2. The van der Waals surface area contributed by atoms with Gasteiger partial charge in [0, 0.05) is 16.5 Å². The Bertz CT molecular complexity index is 479.